The van der Waals surface area contributed by atoms with Crippen LogP contribution in [0, 0.1) is 5.41 Å². The number of rotatable bonds is 4. The molecular weight excluding hydrogens is 194 g/mol. The summed E-state index contributed by atoms with van der Waals surface area (Å²) >= 11 is 0. The van der Waals surface area contributed by atoms with Crippen molar-refractivity contribution in [2.45, 2.75) is 52.2 Å². The van der Waals surface area contributed by atoms with Crippen LogP contribution in [-0.2, 0) is 4.74 Å². The van der Waals surface area contributed by atoms with Crippen LogP contribution in [0.2, 0.25) is 0 Å². The molecule has 0 radical (unpaired) electrons. The molecule has 1 amide bonds. The van der Waals surface area contributed by atoms with Crippen molar-refractivity contribution < 1.29 is 9.53 Å². The highest BCUT2D eigenvalue weighted by molar-refractivity contribution is 5.78. The van der Waals surface area contributed by atoms with Gasteiger partial charge in [-0.05, 0) is 27.2 Å². The van der Waals surface area contributed by atoms with E-state index in [4.69, 9.17) is 15.9 Å². The summed E-state index contributed by atoms with van der Waals surface area (Å²) in [6.07, 6.45) is 0.616. The lowest BCUT2D eigenvalue weighted by atomic mass is 10.1. The molecule has 4 N–H and O–H groups in total. The number of carbonyl (C=O) groups excluding carboxylic acids is 1. The molecule has 1 unspecified atom stereocenters. The van der Waals surface area contributed by atoms with Crippen molar-refractivity contribution in [1.29, 1.82) is 5.41 Å². The van der Waals surface area contributed by atoms with E-state index in [-0.39, 0.29) is 11.9 Å². The first kappa shape index (κ1) is 13.7. The Hall–Kier alpha value is -1.26. The van der Waals surface area contributed by atoms with Crippen LogP contribution in [0.5, 0.6) is 0 Å². The van der Waals surface area contributed by atoms with Gasteiger partial charge < -0.3 is 15.8 Å². The zero-order chi connectivity index (χ0) is 12.1. The topological polar surface area (TPSA) is 88.2 Å². The van der Waals surface area contributed by atoms with E-state index in [0.29, 0.717) is 6.42 Å². The summed E-state index contributed by atoms with van der Waals surface area (Å²) in [6, 6.07) is -0.127. The molecule has 0 aromatic carbocycles. The summed E-state index contributed by atoms with van der Waals surface area (Å²) < 4.78 is 5.09. The SMILES string of the molecule is CCC(CC(=N)N)NC(=O)OC(C)(C)C. The third-order valence-electron chi connectivity index (χ3n) is 1.68. The lowest BCUT2D eigenvalue weighted by Gasteiger charge is -2.22. The molecule has 5 heteroatoms. The molecule has 0 aliphatic carbocycles. The molecule has 0 spiro atoms. The first-order valence-electron chi connectivity index (χ1n) is 5.07. The fraction of sp³-hybridized carbons (Fsp3) is 0.800. The molecule has 0 saturated heterocycles. The quantitative estimate of drug-likeness (QED) is 0.491. The van der Waals surface area contributed by atoms with Crippen molar-refractivity contribution in [3.63, 3.8) is 0 Å². The van der Waals surface area contributed by atoms with E-state index in [1.165, 1.54) is 0 Å². The highest BCUT2D eigenvalue weighted by Gasteiger charge is 2.18. The van der Waals surface area contributed by atoms with Gasteiger partial charge in [-0.25, -0.2) is 4.79 Å². The van der Waals surface area contributed by atoms with Gasteiger partial charge in [0.15, 0.2) is 0 Å². The Morgan fingerprint density at radius 3 is 2.40 bits per heavy atom. The van der Waals surface area contributed by atoms with Crippen LogP contribution in [-0.4, -0.2) is 23.6 Å². The van der Waals surface area contributed by atoms with Crippen LogP contribution in [0.1, 0.15) is 40.5 Å². The van der Waals surface area contributed by atoms with Gasteiger partial charge in [-0.15, -0.1) is 0 Å². The van der Waals surface area contributed by atoms with Crippen LogP contribution in [0.4, 0.5) is 4.79 Å². The van der Waals surface area contributed by atoms with E-state index in [2.05, 4.69) is 5.32 Å². The molecule has 0 fully saturated rings. The van der Waals surface area contributed by atoms with E-state index < -0.39 is 11.7 Å². The number of hydrogen-bond acceptors (Lipinski definition) is 3. The Bertz CT molecular complexity index is 233. The van der Waals surface area contributed by atoms with Crippen molar-refractivity contribution in [3.8, 4) is 0 Å². The maximum atomic E-state index is 11.4. The zero-order valence-electron chi connectivity index (χ0n) is 9.89. The molecule has 0 saturated carbocycles. The van der Waals surface area contributed by atoms with E-state index in [1.54, 1.807) is 20.8 Å². The predicted octanol–water partition coefficient (Wildman–Crippen LogP) is 1.62. The molecule has 15 heavy (non-hydrogen) atoms. The van der Waals surface area contributed by atoms with Gasteiger partial charge in [0.05, 0.1) is 5.84 Å². The minimum atomic E-state index is -0.501. The summed E-state index contributed by atoms with van der Waals surface area (Å²) in [5.41, 5.74) is 4.76. The van der Waals surface area contributed by atoms with Gasteiger partial charge in [0.2, 0.25) is 0 Å². The van der Waals surface area contributed by atoms with E-state index >= 15 is 0 Å². The van der Waals surface area contributed by atoms with Crippen LogP contribution < -0.4 is 11.1 Å². The molecule has 1 atom stereocenters. The second-order valence-corrected chi connectivity index (χ2v) is 4.48. The van der Waals surface area contributed by atoms with Crippen molar-refractivity contribution in [2.24, 2.45) is 5.73 Å². The van der Waals surface area contributed by atoms with Crippen molar-refractivity contribution >= 4 is 11.9 Å². The predicted molar refractivity (Wildman–Crippen MR) is 60.0 cm³/mol. The monoisotopic (exact) mass is 215 g/mol. The van der Waals surface area contributed by atoms with Crippen LogP contribution >= 0.6 is 0 Å². The molecule has 0 rings (SSSR count). The Kier molecular flexibility index (Phi) is 5.11. The maximum Gasteiger partial charge on any atom is 0.407 e. The van der Waals surface area contributed by atoms with Gasteiger partial charge in [-0.3, -0.25) is 5.41 Å². The molecular formula is C10H21N3O2. The second kappa shape index (κ2) is 5.58. The van der Waals surface area contributed by atoms with Crippen molar-refractivity contribution in [2.75, 3.05) is 0 Å². The molecule has 5 nitrogen and oxygen atoms in total. The third-order valence-corrected chi connectivity index (χ3v) is 1.68. The lowest BCUT2D eigenvalue weighted by Crippen LogP contribution is -2.40. The van der Waals surface area contributed by atoms with Gasteiger partial charge >= 0.3 is 6.09 Å². The van der Waals surface area contributed by atoms with Crippen LogP contribution in [0.3, 0.4) is 0 Å². The Morgan fingerprint density at radius 1 is 1.53 bits per heavy atom. The minimum Gasteiger partial charge on any atom is -0.444 e. The first-order chi connectivity index (χ1) is 6.74. The summed E-state index contributed by atoms with van der Waals surface area (Å²) in [5.74, 6) is 0.0675. The number of carbonyl (C=O) groups is 1. The van der Waals surface area contributed by atoms with Crippen LogP contribution in [0.15, 0.2) is 0 Å². The molecule has 0 bridgehead atoms. The standard InChI is InChI=1S/C10H21N3O2/c1-5-7(6-8(11)12)13-9(14)15-10(2,3)4/h7H,5-6H2,1-4H3,(H3,11,12)(H,13,14). The fourth-order valence-electron chi connectivity index (χ4n) is 1.04. The summed E-state index contributed by atoms with van der Waals surface area (Å²) in [5, 5.41) is 9.81. The molecule has 0 aliphatic rings. The zero-order valence-corrected chi connectivity index (χ0v) is 9.89. The van der Waals surface area contributed by atoms with Gasteiger partial charge in [0.1, 0.15) is 5.60 Å². The number of ether oxygens (including phenoxy) is 1. The normalized spacial score (nSPS) is 13.1. The molecule has 0 aromatic heterocycles. The van der Waals surface area contributed by atoms with Crippen molar-refractivity contribution in [3.05, 3.63) is 0 Å². The molecule has 0 heterocycles. The Labute approximate surface area is 90.9 Å². The number of alkyl carbamates (subject to hydrolysis) is 1. The number of hydrogen-bond donors (Lipinski definition) is 3. The third kappa shape index (κ3) is 7.78. The molecule has 0 aromatic rings. The number of nitrogens with two attached hydrogens (primary N) is 1. The van der Waals surface area contributed by atoms with Gasteiger partial charge in [-0.2, -0.15) is 0 Å². The lowest BCUT2D eigenvalue weighted by molar-refractivity contribution is 0.0504. The Morgan fingerprint density at radius 2 is 2.07 bits per heavy atom. The second-order valence-electron chi connectivity index (χ2n) is 4.48. The van der Waals surface area contributed by atoms with E-state index in [0.717, 1.165) is 6.42 Å². The van der Waals surface area contributed by atoms with Gasteiger partial charge in [0.25, 0.3) is 0 Å². The largest absolute Gasteiger partial charge is 0.444 e. The van der Waals surface area contributed by atoms with Crippen LogP contribution in [0.25, 0.3) is 0 Å². The number of amidine groups is 1. The summed E-state index contributed by atoms with van der Waals surface area (Å²) in [7, 11) is 0. The van der Waals surface area contributed by atoms with Crippen molar-refractivity contribution in [1.82, 2.24) is 5.32 Å². The smallest absolute Gasteiger partial charge is 0.407 e. The van der Waals surface area contributed by atoms with Gasteiger partial charge in [-0.1, -0.05) is 6.92 Å². The van der Waals surface area contributed by atoms with Gasteiger partial charge in [0, 0.05) is 12.5 Å². The first-order valence-corrected chi connectivity index (χ1v) is 5.07. The maximum absolute atomic E-state index is 11.4. The average Bonchev–Trinajstić information content (AvgIpc) is 1.98. The molecule has 0 aliphatic heterocycles. The molecule has 88 valence electrons. The fourth-order valence-corrected chi connectivity index (χ4v) is 1.04. The average molecular weight is 215 g/mol. The number of amides is 1. The minimum absolute atomic E-state index is 0.0675. The number of nitrogens with one attached hydrogen (secondary N) is 2. The highest BCUT2D eigenvalue weighted by Crippen LogP contribution is 2.07. The van der Waals surface area contributed by atoms with E-state index in [1.807, 2.05) is 6.92 Å². The summed E-state index contributed by atoms with van der Waals surface area (Å²) in [6.45, 7) is 7.33. The Balaban J connectivity index is 4.07. The summed E-state index contributed by atoms with van der Waals surface area (Å²) in [4.78, 5) is 11.4. The van der Waals surface area contributed by atoms with E-state index in [9.17, 15) is 4.79 Å². The highest BCUT2D eigenvalue weighted by atomic mass is 16.6.